The summed E-state index contributed by atoms with van der Waals surface area (Å²) in [7, 11) is 0. The molecule has 4 nitrogen and oxygen atoms in total. The maximum atomic E-state index is 6.65. The molecule has 528 valence electrons. The predicted octanol–water partition coefficient (Wildman–Crippen LogP) is 30.8. The molecule has 2 aromatic heterocycles. The fraction of sp³-hybridized carbons (Fsp3) is 0. The van der Waals surface area contributed by atoms with Gasteiger partial charge in [-0.1, -0.05) is 364 Å². The number of para-hydroxylation sites is 3. The van der Waals surface area contributed by atoms with Crippen LogP contribution in [-0.4, -0.2) is 0 Å². The molecule has 0 bridgehead atoms. The van der Waals surface area contributed by atoms with Gasteiger partial charge < -0.3 is 18.6 Å². The highest BCUT2D eigenvalue weighted by atomic mass is 16.3. The van der Waals surface area contributed by atoms with Crippen molar-refractivity contribution in [3.8, 4) is 111 Å². The van der Waals surface area contributed by atoms with Crippen LogP contribution in [0.2, 0.25) is 0 Å². The maximum Gasteiger partial charge on any atom is 0.143 e. The summed E-state index contributed by atoms with van der Waals surface area (Å²) in [6, 6.07) is 160. The minimum atomic E-state index is 0.878. The number of fused-ring (bicyclic) bond motifs is 6. The van der Waals surface area contributed by atoms with Crippen LogP contribution in [0.3, 0.4) is 0 Å². The molecule has 0 amide bonds. The van der Waals surface area contributed by atoms with Gasteiger partial charge in [0.15, 0.2) is 0 Å². The Morgan fingerprint density at radius 1 is 0.134 bits per heavy atom. The normalized spacial score (nSPS) is 11.2. The smallest absolute Gasteiger partial charge is 0.143 e. The van der Waals surface area contributed by atoms with Gasteiger partial charge in [0.1, 0.15) is 22.3 Å². The average molecular weight is 1430 g/mol. The molecule has 20 rings (SSSR count). The van der Waals surface area contributed by atoms with Gasteiger partial charge in [-0.3, -0.25) is 0 Å². The van der Waals surface area contributed by atoms with Crippen LogP contribution >= 0.6 is 0 Å². The lowest BCUT2D eigenvalue weighted by Gasteiger charge is -2.27. The zero-order chi connectivity index (χ0) is 74.5. The third kappa shape index (κ3) is 13.8. The predicted molar refractivity (Wildman–Crippen MR) is 471 cm³/mol. The Kier molecular flexibility index (Phi) is 18.4. The maximum absolute atomic E-state index is 6.65. The lowest BCUT2D eigenvalue weighted by Crippen LogP contribution is -2.10. The van der Waals surface area contributed by atoms with Crippen molar-refractivity contribution < 1.29 is 8.83 Å². The minimum Gasteiger partial charge on any atom is -0.455 e. The molecule has 0 spiro atoms. The van der Waals surface area contributed by atoms with Crippen LogP contribution in [0, 0.1) is 0 Å². The molecule has 4 heteroatoms. The fourth-order valence-electron chi connectivity index (χ4n) is 15.6. The summed E-state index contributed by atoms with van der Waals surface area (Å²) < 4.78 is 13.3. The van der Waals surface area contributed by atoms with Gasteiger partial charge in [-0.2, -0.15) is 0 Å². The number of rotatable bonds is 16. The number of hydrogen-bond donors (Lipinski definition) is 0. The third-order valence-electron chi connectivity index (χ3n) is 21.4. The van der Waals surface area contributed by atoms with Crippen molar-refractivity contribution in [3.05, 3.63) is 449 Å². The van der Waals surface area contributed by atoms with Gasteiger partial charge in [0, 0.05) is 66.8 Å². The molecule has 0 aliphatic carbocycles. The van der Waals surface area contributed by atoms with E-state index in [0.717, 1.165) is 100 Å². The first-order chi connectivity index (χ1) is 55.5. The Hall–Kier alpha value is -14.8. The summed E-state index contributed by atoms with van der Waals surface area (Å²) in [5, 5.41) is 4.37. The van der Waals surface area contributed by atoms with Crippen LogP contribution in [0.5, 0.6) is 0 Å². The Labute approximate surface area is 652 Å². The van der Waals surface area contributed by atoms with Gasteiger partial charge in [0.05, 0.1) is 0 Å². The minimum absolute atomic E-state index is 0.878. The number of anilines is 6. The van der Waals surface area contributed by atoms with E-state index >= 15 is 0 Å². The van der Waals surface area contributed by atoms with E-state index in [9.17, 15) is 0 Å². The van der Waals surface area contributed by atoms with E-state index in [-0.39, 0.29) is 0 Å². The average Bonchev–Trinajstić information content (AvgIpc) is 1.65. The number of furan rings is 2. The van der Waals surface area contributed by atoms with E-state index in [0.29, 0.717) is 0 Å². The summed E-state index contributed by atoms with van der Waals surface area (Å²) in [4.78, 5) is 4.70. The molecule has 0 aliphatic rings. The van der Waals surface area contributed by atoms with E-state index in [2.05, 4.69) is 447 Å². The van der Waals surface area contributed by atoms with Crippen LogP contribution in [-0.2, 0) is 0 Å². The molecular formula is C108H74N2O2. The fourth-order valence-corrected chi connectivity index (χ4v) is 15.6. The number of nitrogens with zero attached hydrogens (tertiary/aromatic N) is 2. The molecule has 0 N–H and O–H groups in total. The van der Waals surface area contributed by atoms with Crippen molar-refractivity contribution in [2.45, 2.75) is 0 Å². The van der Waals surface area contributed by atoms with Crippen LogP contribution in [0.1, 0.15) is 0 Å². The van der Waals surface area contributed by atoms with Gasteiger partial charge in [-0.15, -0.1) is 0 Å². The summed E-state index contributed by atoms with van der Waals surface area (Å²) in [5.41, 5.74) is 33.4. The van der Waals surface area contributed by atoms with Crippen molar-refractivity contribution in [1.82, 2.24) is 0 Å². The Bertz CT molecular complexity index is 6610. The highest BCUT2D eigenvalue weighted by Crippen LogP contribution is 2.47. The Balaban J connectivity index is 0.000000151. The van der Waals surface area contributed by atoms with Crippen molar-refractivity contribution in [2.24, 2.45) is 0 Å². The van der Waals surface area contributed by atoms with Gasteiger partial charge >= 0.3 is 0 Å². The van der Waals surface area contributed by atoms with E-state index in [4.69, 9.17) is 8.83 Å². The van der Waals surface area contributed by atoms with Crippen LogP contribution in [0.4, 0.5) is 34.1 Å². The van der Waals surface area contributed by atoms with E-state index < -0.39 is 0 Å². The molecule has 0 radical (unpaired) electrons. The van der Waals surface area contributed by atoms with Crippen molar-refractivity contribution in [3.63, 3.8) is 0 Å². The monoisotopic (exact) mass is 1430 g/mol. The molecule has 0 saturated carbocycles. The topological polar surface area (TPSA) is 32.8 Å². The second-order valence-corrected chi connectivity index (χ2v) is 28.3. The summed E-state index contributed by atoms with van der Waals surface area (Å²) in [6.07, 6.45) is 0. The zero-order valence-corrected chi connectivity index (χ0v) is 61.4. The Morgan fingerprint density at radius 2 is 0.321 bits per heavy atom. The SMILES string of the molecule is c1ccc(-c2ccc(-c3ccc(-c4ccc(N(c5ccccc5)c5cc(-c6ccc(-c7ccccc7)cc6)c6oc7ccccc7c6c5)cc4)cc3)cc2)cc1.c1ccc(-c2ccc(-c3ccc(N(c4ccc(-c5ccccc5)cc4)c4cc(-c5ccc(-c6ccccc6)cc5)c5oc6ccccc6c5c4)cc3)cc2)cc1. The second kappa shape index (κ2) is 30.4. The molecule has 112 heavy (non-hydrogen) atoms. The van der Waals surface area contributed by atoms with Gasteiger partial charge in [-0.05, 0) is 185 Å². The van der Waals surface area contributed by atoms with Crippen molar-refractivity contribution >= 4 is 78.0 Å². The molecular weight excluding hydrogens is 1360 g/mol. The molecule has 18 aromatic carbocycles. The highest BCUT2D eigenvalue weighted by molar-refractivity contribution is 6.13. The zero-order valence-electron chi connectivity index (χ0n) is 61.4. The van der Waals surface area contributed by atoms with E-state index in [1.165, 1.54) is 89.0 Å². The molecule has 0 unspecified atom stereocenters. The van der Waals surface area contributed by atoms with Crippen LogP contribution in [0.25, 0.3) is 155 Å². The largest absolute Gasteiger partial charge is 0.455 e. The molecule has 20 aromatic rings. The number of hydrogen-bond acceptors (Lipinski definition) is 4. The first-order valence-electron chi connectivity index (χ1n) is 38.2. The highest BCUT2D eigenvalue weighted by Gasteiger charge is 2.23. The van der Waals surface area contributed by atoms with Gasteiger partial charge in [0.2, 0.25) is 0 Å². The van der Waals surface area contributed by atoms with E-state index in [1.54, 1.807) is 0 Å². The first kappa shape index (κ1) is 67.7. The molecule has 0 aliphatic heterocycles. The molecule has 0 atom stereocenters. The summed E-state index contributed by atoms with van der Waals surface area (Å²) in [5.74, 6) is 0. The van der Waals surface area contributed by atoms with Crippen molar-refractivity contribution in [1.29, 1.82) is 0 Å². The summed E-state index contributed by atoms with van der Waals surface area (Å²) >= 11 is 0. The van der Waals surface area contributed by atoms with Gasteiger partial charge in [0.25, 0.3) is 0 Å². The lowest BCUT2D eigenvalue weighted by atomic mass is 9.97. The molecule has 2 heterocycles. The quantitative estimate of drug-likeness (QED) is 0.0965. The Morgan fingerprint density at radius 3 is 0.571 bits per heavy atom. The van der Waals surface area contributed by atoms with Crippen LogP contribution < -0.4 is 9.80 Å². The van der Waals surface area contributed by atoms with Crippen LogP contribution in [0.15, 0.2) is 458 Å². The van der Waals surface area contributed by atoms with Gasteiger partial charge in [-0.25, -0.2) is 0 Å². The first-order valence-corrected chi connectivity index (χ1v) is 38.2. The second-order valence-electron chi connectivity index (χ2n) is 28.3. The lowest BCUT2D eigenvalue weighted by molar-refractivity contribution is 0.669. The molecule has 0 fully saturated rings. The third-order valence-corrected chi connectivity index (χ3v) is 21.4. The van der Waals surface area contributed by atoms with Crippen molar-refractivity contribution in [2.75, 3.05) is 9.80 Å². The van der Waals surface area contributed by atoms with E-state index in [1.807, 2.05) is 12.1 Å². The molecule has 0 saturated heterocycles. The number of benzene rings is 18. The summed E-state index contributed by atoms with van der Waals surface area (Å²) in [6.45, 7) is 0. The standard InChI is InChI=1S/2C54H37NO/c1-4-12-38(13-5-1)41-20-22-43(23-21-41)45-30-34-48(35-31-45)55(47-32-28-44(29-33-47)40-16-8-3-9-17-40)49-36-51(54-52(37-49)50-18-10-11-19-53(50)56-54)46-26-24-42(25-27-46)39-14-6-2-7-15-39;1-4-12-38(13-5-1)40-20-22-42(23-21-40)43-24-26-44(27-25-43)45-32-34-48(35-33-45)55(47-16-8-3-9-17-47)49-36-51(54-52(37-49)50-18-10-11-19-53(50)56-54)46-30-28-41(29-31-46)39-14-6-2-7-15-39/h2*1-37H.